The van der Waals surface area contributed by atoms with Crippen LogP contribution in [0.1, 0.15) is 24.0 Å². The van der Waals surface area contributed by atoms with Crippen molar-refractivity contribution in [2.45, 2.75) is 12.8 Å². The fourth-order valence-electron chi connectivity index (χ4n) is 4.12. The Morgan fingerprint density at radius 2 is 1.81 bits per heavy atom. The van der Waals surface area contributed by atoms with Crippen molar-refractivity contribution in [2.75, 3.05) is 11.6 Å². The second-order valence-electron chi connectivity index (χ2n) is 6.51. The van der Waals surface area contributed by atoms with Gasteiger partial charge in [-0.1, -0.05) is 36.4 Å². The smallest absolute Gasteiger partial charge is 0.288 e. The summed E-state index contributed by atoms with van der Waals surface area (Å²) in [5.41, 5.74) is 1.53. The van der Waals surface area contributed by atoms with Crippen LogP contribution in [0, 0.1) is 22.1 Å². The number of hydrazone groups is 1. The van der Waals surface area contributed by atoms with Crippen molar-refractivity contribution in [1.29, 1.82) is 0 Å². The van der Waals surface area contributed by atoms with Crippen molar-refractivity contribution in [3.8, 4) is 0 Å². The molecular formula is C20H16AgN3O3. The average Bonchev–Trinajstić information content (AvgIpc) is 3.05. The third-order valence-corrected chi connectivity index (χ3v) is 5.26. The number of benzene rings is 2. The fourth-order valence-corrected chi connectivity index (χ4v) is 4.12. The number of carbonyl (C=O) groups is 1. The maximum atomic E-state index is 13.5. The molecule has 0 unspecified atom stereocenters. The molecule has 2 aromatic carbocycles. The Hall–Kier alpha value is -2.54. The number of carbonyl (C=O) groups excluding carboxylic acids is 1. The number of nitrogens with zero attached hydrogens (tertiary/aromatic N) is 3. The standard InChI is InChI=1S/C20H16N3O3.Ag/c1-13-16-10-6-7-11-17(16)18(12-22(25)26)20(13)14(2)21-23(19(20)24)15-8-4-3-5-9-15;/h1,3-11,18H,12H2,2H3;/q-1;+1/t18-,20-;/m1./s1. The predicted octanol–water partition coefficient (Wildman–Crippen LogP) is 3.28. The van der Waals surface area contributed by atoms with E-state index < -0.39 is 16.3 Å². The van der Waals surface area contributed by atoms with E-state index in [0.717, 1.165) is 5.56 Å². The molecule has 0 aromatic heterocycles. The van der Waals surface area contributed by atoms with Crippen LogP contribution in [-0.4, -0.2) is 23.1 Å². The summed E-state index contributed by atoms with van der Waals surface area (Å²) in [5, 5.41) is 17.1. The number of rotatable bonds is 3. The number of fused-ring (bicyclic) bond motifs is 1. The van der Waals surface area contributed by atoms with Crippen molar-refractivity contribution >= 4 is 22.9 Å². The zero-order valence-corrected chi connectivity index (χ0v) is 15.9. The molecule has 1 amide bonds. The molecule has 0 radical (unpaired) electrons. The van der Waals surface area contributed by atoms with Gasteiger partial charge >= 0.3 is 22.4 Å². The largest absolute Gasteiger partial charge is 1.00 e. The Morgan fingerprint density at radius 3 is 2.48 bits per heavy atom. The summed E-state index contributed by atoms with van der Waals surface area (Å²) in [7, 11) is 0. The van der Waals surface area contributed by atoms with E-state index in [0.29, 0.717) is 22.5 Å². The molecule has 0 bridgehead atoms. The number of hydrogen-bond donors (Lipinski definition) is 0. The number of para-hydroxylation sites is 1. The van der Waals surface area contributed by atoms with Crippen LogP contribution in [0.15, 0.2) is 59.7 Å². The van der Waals surface area contributed by atoms with E-state index in [1.807, 2.05) is 24.3 Å². The number of amides is 1. The van der Waals surface area contributed by atoms with Gasteiger partial charge in [-0.25, -0.2) is 0 Å². The Balaban J connectivity index is 0.00000210. The molecule has 2 aromatic rings. The van der Waals surface area contributed by atoms with Gasteiger partial charge in [0.25, 0.3) is 5.91 Å². The van der Waals surface area contributed by atoms with Crippen LogP contribution in [0.25, 0.3) is 5.57 Å². The van der Waals surface area contributed by atoms with Crippen LogP contribution >= 0.6 is 0 Å². The predicted molar refractivity (Wildman–Crippen MR) is 98.2 cm³/mol. The maximum absolute atomic E-state index is 13.5. The van der Waals surface area contributed by atoms with Crippen LogP contribution in [0.4, 0.5) is 5.69 Å². The zero-order chi connectivity index (χ0) is 18.5. The van der Waals surface area contributed by atoms with Crippen molar-refractivity contribution in [3.05, 3.63) is 82.4 Å². The minimum atomic E-state index is -1.31. The monoisotopic (exact) mass is 453 g/mol. The van der Waals surface area contributed by atoms with E-state index in [1.165, 1.54) is 5.01 Å². The minimum absolute atomic E-state index is 0. The van der Waals surface area contributed by atoms with E-state index in [9.17, 15) is 14.9 Å². The molecule has 1 heterocycles. The van der Waals surface area contributed by atoms with E-state index in [-0.39, 0.29) is 34.8 Å². The van der Waals surface area contributed by atoms with E-state index >= 15 is 0 Å². The van der Waals surface area contributed by atoms with E-state index in [2.05, 4.69) is 5.10 Å². The van der Waals surface area contributed by atoms with Crippen LogP contribution < -0.4 is 5.01 Å². The molecule has 2 aliphatic rings. The second-order valence-corrected chi connectivity index (χ2v) is 6.51. The summed E-state index contributed by atoms with van der Waals surface area (Å²) in [6.07, 6.45) is 0. The van der Waals surface area contributed by atoms with Crippen molar-refractivity contribution < 1.29 is 32.1 Å². The molecule has 1 aliphatic carbocycles. The second kappa shape index (κ2) is 6.88. The minimum Gasteiger partial charge on any atom is -0.288 e. The van der Waals surface area contributed by atoms with Gasteiger partial charge in [-0.3, -0.25) is 21.5 Å². The Kier molecular flexibility index (Phi) is 4.90. The van der Waals surface area contributed by atoms with Gasteiger partial charge in [0.1, 0.15) is 0 Å². The van der Waals surface area contributed by atoms with E-state index in [4.69, 9.17) is 6.58 Å². The van der Waals surface area contributed by atoms with Crippen molar-refractivity contribution in [1.82, 2.24) is 0 Å². The summed E-state index contributed by atoms with van der Waals surface area (Å²) in [5.74, 6) is -1.03. The Labute approximate surface area is 172 Å². The third-order valence-electron chi connectivity index (χ3n) is 5.26. The molecule has 0 saturated heterocycles. The van der Waals surface area contributed by atoms with Crippen LogP contribution in [0.2, 0.25) is 0 Å². The maximum Gasteiger partial charge on any atom is 1.00 e. The molecule has 1 spiro atoms. The van der Waals surface area contributed by atoms with Gasteiger partial charge in [0.2, 0.25) is 6.54 Å². The van der Waals surface area contributed by atoms with Crippen molar-refractivity contribution in [3.63, 3.8) is 0 Å². The van der Waals surface area contributed by atoms with Gasteiger partial charge in [0.05, 0.1) is 22.7 Å². The van der Waals surface area contributed by atoms with Gasteiger partial charge in [-0.15, -0.1) is 11.6 Å². The summed E-state index contributed by atoms with van der Waals surface area (Å²) in [4.78, 5) is 24.5. The van der Waals surface area contributed by atoms with Gasteiger partial charge in [-0.2, -0.15) is 21.2 Å². The first-order valence-corrected chi connectivity index (χ1v) is 8.27. The van der Waals surface area contributed by atoms with Gasteiger partial charge < -0.3 is 0 Å². The molecule has 7 heteroatoms. The first-order valence-electron chi connectivity index (χ1n) is 8.27. The van der Waals surface area contributed by atoms with Gasteiger partial charge in [-0.05, 0) is 19.1 Å². The average molecular weight is 454 g/mol. The van der Waals surface area contributed by atoms with Crippen LogP contribution in [0.5, 0.6) is 0 Å². The molecule has 6 nitrogen and oxygen atoms in total. The summed E-state index contributed by atoms with van der Waals surface area (Å²) >= 11 is 0. The quantitative estimate of drug-likeness (QED) is 0.309. The summed E-state index contributed by atoms with van der Waals surface area (Å²) in [6.45, 7) is 7.76. The molecule has 0 fully saturated rings. The molecule has 4 rings (SSSR count). The summed E-state index contributed by atoms with van der Waals surface area (Å²) in [6, 6.07) is 16.2. The molecule has 0 saturated carbocycles. The van der Waals surface area contributed by atoms with Crippen LogP contribution in [-0.2, 0) is 27.2 Å². The molecule has 2 atom stereocenters. The number of anilines is 1. The molecule has 0 N–H and O–H groups in total. The Morgan fingerprint density at radius 1 is 1.19 bits per heavy atom. The first-order chi connectivity index (χ1) is 12.5. The van der Waals surface area contributed by atoms with Gasteiger partial charge in [0, 0.05) is 4.92 Å². The van der Waals surface area contributed by atoms with Gasteiger partial charge in [0.15, 0.2) is 0 Å². The third kappa shape index (κ3) is 2.60. The molecule has 140 valence electrons. The number of nitro groups is 1. The Bertz CT molecular complexity index is 973. The van der Waals surface area contributed by atoms with E-state index in [1.54, 1.807) is 37.3 Å². The molecule has 27 heavy (non-hydrogen) atoms. The molecule has 1 aliphatic heterocycles. The topological polar surface area (TPSA) is 75.8 Å². The van der Waals surface area contributed by atoms with Crippen LogP contribution in [0.3, 0.4) is 0 Å². The SMILES string of the molecule is [Ag+].[CH-]=C1c2ccccc2[C@@H](C[N+](=O)[O-])[C@@]12C(=O)N(c1ccccc1)N=C2C. The zero-order valence-electron chi connectivity index (χ0n) is 14.4. The molecular weight excluding hydrogens is 438 g/mol. The summed E-state index contributed by atoms with van der Waals surface area (Å²) < 4.78 is 0. The fraction of sp³-hybridized carbons (Fsp3) is 0.200. The first kappa shape index (κ1) is 19.2. The van der Waals surface area contributed by atoms with Crippen molar-refractivity contribution in [2.24, 2.45) is 10.5 Å². The number of hydrogen-bond acceptors (Lipinski definition) is 4. The normalized spacial score (nSPS) is 23.2.